The van der Waals surface area contributed by atoms with E-state index in [1.54, 1.807) is 6.92 Å². The molecule has 1 heterocycles. The average Bonchev–Trinajstić information content (AvgIpc) is 2.52. The van der Waals surface area contributed by atoms with E-state index in [1.807, 2.05) is 0 Å². The van der Waals surface area contributed by atoms with Gasteiger partial charge in [-0.05, 0) is 25.1 Å². The van der Waals surface area contributed by atoms with Gasteiger partial charge in [0.15, 0.2) is 0 Å². The molecule has 0 aliphatic carbocycles. The maximum Gasteiger partial charge on any atom is 0.325 e. The first-order chi connectivity index (χ1) is 7.50. The van der Waals surface area contributed by atoms with Crippen molar-refractivity contribution in [2.24, 2.45) is 5.73 Å². The SMILES string of the molecule is Cc1oc2ccc(F)cc2c1C(N)C(=O)O. The molecule has 1 unspecified atom stereocenters. The van der Waals surface area contributed by atoms with Crippen molar-refractivity contribution >= 4 is 16.9 Å². The van der Waals surface area contributed by atoms with Crippen molar-refractivity contribution in [1.29, 1.82) is 0 Å². The first-order valence-corrected chi connectivity index (χ1v) is 4.67. The number of hydrogen-bond acceptors (Lipinski definition) is 3. The van der Waals surface area contributed by atoms with E-state index >= 15 is 0 Å². The number of nitrogens with two attached hydrogens (primary N) is 1. The number of fused-ring (bicyclic) bond motifs is 1. The van der Waals surface area contributed by atoms with Crippen molar-refractivity contribution < 1.29 is 18.7 Å². The third-order valence-corrected chi connectivity index (χ3v) is 2.45. The van der Waals surface area contributed by atoms with Crippen molar-refractivity contribution in [3.63, 3.8) is 0 Å². The molecule has 0 spiro atoms. The first-order valence-electron chi connectivity index (χ1n) is 4.67. The standard InChI is InChI=1S/C11H10FNO3/c1-5-9(10(13)11(14)15)7-4-6(12)2-3-8(7)16-5/h2-4,10H,13H2,1H3,(H,14,15). The van der Waals surface area contributed by atoms with Gasteiger partial charge in [-0.2, -0.15) is 0 Å². The summed E-state index contributed by atoms with van der Waals surface area (Å²) >= 11 is 0. The smallest absolute Gasteiger partial charge is 0.325 e. The zero-order chi connectivity index (χ0) is 11.9. The van der Waals surface area contributed by atoms with E-state index < -0.39 is 17.8 Å². The topological polar surface area (TPSA) is 76.5 Å². The Kier molecular flexibility index (Phi) is 2.40. The second kappa shape index (κ2) is 3.61. The molecule has 0 bridgehead atoms. The normalized spacial score (nSPS) is 12.9. The van der Waals surface area contributed by atoms with Crippen LogP contribution in [0.3, 0.4) is 0 Å². The van der Waals surface area contributed by atoms with E-state index in [0.717, 1.165) is 0 Å². The van der Waals surface area contributed by atoms with Crippen LogP contribution in [0.15, 0.2) is 22.6 Å². The molecule has 0 radical (unpaired) electrons. The number of aryl methyl sites for hydroxylation is 1. The monoisotopic (exact) mass is 223 g/mol. The molecule has 0 amide bonds. The van der Waals surface area contributed by atoms with Crippen LogP contribution in [0.25, 0.3) is 11.0 Å². The van der Waals surface area contributed by atoms with E-state index in [1.165, 1.54) is 18.2 Å². The molecule has 1 aromatic carbocycles. The van der Waals surface area contributed by atoms with E-state index in [9.17, 15) is 9.18 Å². The van der Waals surface area contributed by atoms with Crippen LogP contribution in [-0.2, 0) is 4.79 Å². The summed E-state index contributed by atoms with van der Waals surface area (Å²) in [7, 11) is 0. The molecule has 2 aromatic rings. The number of halogens is 1. The van der Waals surface area contributed by atoms with E-state index in [-0.39, 0.29) is 0 Å². The van der Waals surface area contributed by atoms with Crippen molar-refractivity contribution in [1.82, 2.24) is 0 Å². The summed E-state index contributed by atoms with van der Waals surface area (Å²) in [6, 6.07) is 2.73. The van der Waals surface area contributed by atoms with Gasteiger partial charge in [-0.1, -0.05) is 0 Å². The van der Waals surface area contributed by atoms with E-state index in [0.29, 0.717) is 22.3 Å². The molecular weight excluding hydrogens is 213 g/mol. The minimum absolute atomic E-state index is 0.321. The summed E-state index contributed by atoms with van der Waals surface area (Å²) in [6.45, 7) is 1.61. The molecule has 1 aromatic heterocycles. The lowest BCUT2D eigenvalue weighted by Gasteiger charge is -2.05. The number of benzene rings is 1. The second-order valence-electron chi connectivity index (χ2n) is 3.53. The van der Waals surface area contributed by atoms with Crippen LogP contribution in [0, 0.1) is 12.7 Å². The Hall–Kier alpha value is -1.88. The van der Waals surface area contributed by atoms with Crippen LogP contribution in [0.1, 0.15) is 17.4 Å². The van der Waals surface area contributed by atoms with Gasteiger partial charge in [0.1, 0.15) is 23.2 Å². The van der Waals surface area contributed by atoms with Crippen LogP contribution < -0.4 is 5.73 Å². The number of rotatable bonds is 2. The molecule has 0 aliphatic rings. The van der Waals surface area contributed by atoms with Crippen molar-refractivity contribution in [3.8, 4) is 0 Å². The maximum absolute atomic E-state index is 13.1. The molecule has 0 saturated heterocycles. The van der Waals surface area contributed by atoms with Gasteiger partial charge < -0.3 is 15.3 Å². The third-order valence-electron chi connectivity index (χ3n) is 2.45. The van der Waals surface area contributed by atoms with Gasteiger partial charge in [0.25, 0.3) is 0 Å². The van der Waals surface area contributed by atoms with Gasteiger partial charge >= 0.3 is 5.97 Å². The minimum Gasteiger partial charge on any atom is -0.480 e. The minimum atomic E-state index is -1.21. The fourth-order valence-electron chi connectivity index (χ4n) is 1.72. The highest BCUT2D eigenvalue weighted by Gasteiger charge is 2.23. The Morgan fingerprint density at radius 3 is 2.88 bits per heavy atom. The van der Waals surface area contributed by atoms with E-state index in [2.05, 4.69) is 0 Å². The lowest BCUT2D eigenvalue weighted by atomic mass is 10.0. The van der Waals surface area contributed by atoms with Crippen molar-refractivity contribution in [2.45, 2.75) is 13.0 Å². The molecule has 5 heteroatoms. The van der Waals surface area contributed by atoms with Gasteiger partial charge in [0.05, 0.1) is 0 Å². The Labute approximate surface area is 90.5 Å². The van der Waals surface area contributed by atoms with Crippen LogP contribution in [0.4, 0.5) is 4.39 Å². The summed E-state index contributed by atoms with van der Waals surface area (Å²) in [5.41, 5.74) is 6.27. The summed E-state index contributed by atoms with van der Waals surface area (Å²) in [5.74, 6) is -1.22. The largest absolute Gasteiger partial charge is 0.480 e. The zero-order valence-electron chi connectivity index (χ0n) is 8.53. The number of furan rings is 1. The average molecular weight is 223 g/mol. The number of carbonyl (C=O) groups is 1. The predicted octanol–water partition coefficient (Wildman–Crippen LogP) is 1.96. The Bertz CT molecular complexity index is 562. The molecular formula is C11H10FNO3. The van der Waals surface area contributed by atoms with Gasteiger partial charge in [-0.3, -0.25) is 4.79 Å². The molecule has 1 atom stereocenters. The second-order valence-corrected chi connectivity index (χ2v) is 3.53. The molecule has 3 N–H and O–H groups in total. The molecule has 84 valence electrons. The quantitative estimate of drug-likeness (QED) is 0.815. The van der Waals surface area contributed by atoms with Gasteiger partial charge in [-0.25, -0.2) is 4.39 Å². The van der Waals surface area contributed by atoms with Crippen LogP contribution >= 0.6 is 0 Å². The number of carboxylic acid groups (broad SMARTS) is 1. The molecule has 0 fully saturated rings. The summed E-state index contributed by atoms with van der Waals surface area (Å²) < 4.78 is 18.4. The highest BCUT2D eigenvalue weighted by atomic mass is 19.1. The van der Waals surface area contributed by atoms with Crippen molar-refractivity contribution in [2.75, 3.05) is 0 Å². The molecule has 4 nitrogen and oxygen atoms in total. The lowest BCUT2D eigenvalue weighted by Crippen LogP contribution is -2.21. The van der Waals surface area contributed by atoms with Gasteiger partial charge in [-0.15, -0.1) is 0 Å². The maximum atomic E-state index is 13.1. The highest BCUT2D eigenvalue weighted by Crippen LogP contribution is 2.30. The van der Waals surface area contributed by atoms with Gasteiger partial charge in [0.2, 0.25) is 0 Å². The Balaban J connectivity index is 2.72. The summed E-state index contributed by atoms with van der Waals surface area (Å²) in [4.78, 5) is 10.8. The Morgan fingerprint density at radius 1 is 1.56 bits per heavy atom. The van der Waals surface area contributed by atoms with Crippen LogP contribution in [0.2, 0.25) is 0 Å². The summed E-state index contributed by atoms with van der Waals surface area (Å²) in [5, 5.41) is 9.26. The van der Waals surface area contributed by atoms with Crippen molar-refractivity contribution in [3.05, 3.63) is 35.3 Å². The zero-order valence-corrected chi connectivity index (χ0v) is 8.53. The lowest BCUT2D eigenvalue weighted by molar-refractivity contribution is -0.138. The Morgan fingerprint density at radius 2 is 2.25 bits per heavy atom. The first kappa shape index (κ1) is 10.6. The molecule has 0 aliphatic heterocycles. The predicted molar refractivity (Wildman–Crippen MR) is 55.5 cm³/mol. The number of hydrogen-bond donors (Lipinski definition) is 2. The van der Waals surface area contributed by atoms with Gasteiger partial charge in [0, 0.05) is 10.9 Å². The number of carboxylic acids is 1. The third kappa shape index (κ3) is 1.55. The highest BCUT2D eigenvalue weighted by molar-refractivity contribution is 5.88. The van der Waals surface area contributed by atoms with Crippen LogP contribution in [-0.4, -0.2) is 11.1 Å². The summed E-state index contributed by atoms with van der Waals surface area (Å²) in [6.07, 6.45) is 0. The van der Waals surface area contributed by atoms with E-state index in [4.69, 9.17) is 15.3 Å². The fourth-order valence-corrected chi connectivity index (χ4v) is 1.72. The molecule has 2 rings (SSSR count). The fraction of sp³-hybridized carbons (Fsp3) is 0.182. The molecule has 16 heavy (non-hydrogen) atoms. The van der Waals surface area contributed by atoms with Crippen LogP contribution in [0.5, 0.6) is 0 Å². The molecule has 0 saturated carbocycles. The number of aliphatic carboxylic acids is 1.